The van der Waals surface area contributed by atoms with Crippen LogP contribution in [-0.2, 0) is 4.79 Å². The zero-order valence-electron chi connectivity index (χ0n) is 9.55. The number of hydrogen-bond acceptors (Lipinski definition) is 2. The normalized spacial score (nSPS) is 9.79. The summed E-state index contributed by atoms with van der Waals surface area (Å²) in [7, 11) is 3.58. The molecule has 0 aromatic heterocycles. The maximum atomic E-state index is 11.1. The van der Waals surface area contributed by atoms with Crippen LogP contribution in [0.1, 0.15) is 13.8 Å². The van der Waals surface area contributed by atoms with E-state index >= 15 is 0 Å². The molecule has 0 rings (SSSR count). The van der Waals surface area contributed by atoms with Gasteiger partial charge in [0.05, 0.1) is 0 Å². The van der Waals surface area contributed by atoms with Crippen molar-refractivity contribution in [1.29, 1.82) is 0 Å². The Bertz CT molecular complexity index is 240. The molecule has 0 bridgehead atoms. The molecular weight excluding hydrogens is 176 g/mol. The number of rotatable bonds is 5. The SMILES string of the molecule is C=C(CN(C)CC=C(C)C)C(=O)NC. The van der Waals surface area contributed by atoms with E-state index in [1.54, 1.807) is 7.05 Å². The van der Waals surface area contributed by atoms with Crippen molar-refractivity contribution in [3.63, 3.8) is 0 Å². The Kier molecular flexibility index (Phi) is 5.88. The summed E-state index contributed by atoms with van der Waals surface area (Å²) in [6, 6.07) is 0. The molecule has 0 aliphatic rings. The standard InChI is InChI=1S/C11H20N2O/c1-9(2)6-7-13(5)8-10(3)11(14)12-4/h6H,3,7-8H2,1-2,4-5H3,(H,12,14). The van der Waals surface area contributed by atoms with Gasteiger partial charge in [-0.25, -0.2) is 0 Å². The second kappa shape index (κ2) is 6.38. The highest BCUT2D eigenvalue weighted by Gasteiger charge is 2.06. The Labute approximate surface area is 86.5 Å². The second-order valence-electron chi connectivity index (χ2n) is 3.66. The lowest BCUT2D eigenvalue weighted by Crippen LogP contribution is -2.28. The number of allylic oxidation sites excluding steroid dienone is 1. The first-order valence-electron chi connectivity index (χ1n) is 4.69. The number of amides is 1. The van der Waals surface area contributed by atoms with Gasteiger partial charge >= 0.3 is 0 Å². The van der Waals surface area contributed by atoms with E-state index in [2.05, 4.69) is 31.8 Å². The minimum Gasteiger partial charge on any atom is -0.355 e. The average Bonchev–Trinajstić information content (AvgIpc) is 2.13. The molecule has 0 radical (unpaired) electrons. The molecule has 0 fully saturated rings. The Morgan fingerprint density at radius 2 is 2.07 bits per heavy atom. The van der Waals surface area contributed by atoms with Crippen LogP contribution in [0.4, 0.5) is 0 Å². The van der Waals surface area contributed by atoms with Gasteiger partial charge in [0.15, 0.2) is 0 Å². The lowest BCUT2D eigenvalue weighted by atomic mass is 10.2. The number of carbonyl (C=O) groups is 1. The summed E-state index contributed by atoms with van der Waals surface area (Å²) in [5, 5.41) is 2.55. The molecule has 0 heterocycles. The van der Waals surface area contributed by atoms with Gasteiger partial charge in [0.1, 0.15) is 0 Å². The topological polar surface area (TPSA) is 32.3 Å². The molecule has 0 aliphatic heterocycles. The third kappa shape index (κ3) is 5.54. The van der Waals surface area contributed by atoms with E-state index in [-0.39, 0.29) is 5.91 Å². The number of carbonyl (C=O) groups excluding carboxylic acids is 1. The van der Waals surface area contributed by atoms with Crippen molar-refractivity contribution in [3.05, 3.63) is 23.8 Å². The molecule has 14 heavy (non-hydrogen) atoms. The summed E-state index contributed by atoms with van der Waals surface area (Å²) in [6.45, 7) is 9.28. The van der Waals surface area contributed by atoms with E-state index in [9.17, 15) is 4.79 Å². The Hall–Kier alpha value is -1.09. The number of likely N-dealkylation sites (N-methyl/N-ethyl adjacent to an activating group) is 2. The smallest absolute Gasteiger partial charge is 0.247 e. The first kappa shape index (κ1) is 12.9. The van der Waals surface area contributed by atoms with E-state index in [4.69, 9.17) is 0 Å². The molecule has 0 saturated carbocycles. The third-order valence-corrected chi connectivity index (χ3v) is 1.82. The maximum absolute atomic E-state index is 11.1. The predicted octanol–water partition coefficient (Wildman–Crippen LogP) is 1.19. The van der Waals surface area contributed by atoms with Crippen molar-refractivity contribution in [2.24, 2.45) is 0 Å². The second-order valence-corrected chi connectivity index (χ2v) is 3.66. The van der Waals surface area contributed by atoms with Crippen molar-refractivity contribution in [2.45, 2.75) is 13.8 Å². The van der Waals surface area contributed by atoms with E-state index in [1.807, 2.05) is 11.9 Å². The van der Waals surface area contributed by atoms with Crippen LogP contribution in [0.5, 0.6) is 0 Å². The van der Waals surface area contributed by atoms with Crippen molar-refractivity contribution >= 4 is 5.91 Å². The van der Waals surface area contributed by atoms with Crippen molar-refractivity contribution in [3.8, 4) is 0 Å². The molecule has 0 aromatic carbocycles. The van der Waals surface area contributed by atoms with Crippen LogP contribution in [0, 0.1) is 0 Å². The Balaban J connectivity index is 3.94. The van der Waals surface area contributed by atoms with E-state index in [0.29, 0.717) is 12.1 Å². The maximum Gasteiger partial charge on any atom is 0.247 e. The van der Waals surface area contributed by atoms with E-state index in [1.165, 1.54) is 5.57 Å². The van der Waals surface area contributed by atoms with Crippen LogP contribution in [0.2, 0.25) is 0 Å². The first-order valence-corrected chi connectivity index (χ1v) is 4.69. The molecule has 0 unspecified atom stereocenters. The van der Waals surface area contributed by atoms with Gasteiger partial charge in [0, 0.05) is 25.7 Å². The molecule has 0 aromatic rings. The van der Waals surface area contributed by atoms with Gasteiger partial charge in [0.2, 0.25) is 5.91 Å². The molecule has 0 spiro atoms. The minimum atomic E-state index is -0.0888. The lowest BCUT2D eigenvalue weighted by Gasteiger charge is -2.15. The molecule has 3 heteroatoms. The highest BCUT2D eigenvalue weighted by atomic mass is 16.1. The van der Waals surface area contributed by atoms with Gasteiger partial charge in [-0.3, -0.25) is 9.69 Å². The van der Waals surface area contributed by atoms with Crippen LogP contribution in [0.25, 0.3) is 0 Å². The molecule has 0 aliphatic carbocycles. The van der Waals surface area contributed by atoms with Gasteiger partial charge in [-0.1, -0.05) is 18.2 Å². The van der Waals surface area contributed by atoms with Crippen LogP contribution < -0.4 is 5.32 Å². The quantitative estimate of drug-likeness (QED) is 0.529. The zero-order chi connectivity index (χ0) is 11.1. The van der Waals surface area contributed by atoms with Gasteiger partial charge in [-0.05, 0) is 20.9 Å². The average molecular weight is 196 g/mol. The molecule has 80 valence electrons. The number of nitrogens with zero attached hydrogens (tertiary/aromatic N) is 1. The van der Waals surface area contributed by atoms with Crippen LogP contribution >= 0.6 is 0 Å². The summed E-state index contributed by atoms with van der Waals surface area (Å²) in [5.74, 6) is -0.0888. The predicted molar refractivity (Wildman–Crippen MR) is 60.1 cm³/mol. The number of hydrogen-bond donors (Lipinski definition) is 1. The van der Waals surface area contributed by atoms with Crippen molar-refractivity contribution in [2.75, 3.05) is 27.2 Å². The van der Waals surface area contributed by atoms with E-state index in [0.717, 1.165) is 6.54 Å². The largest absolute Gasteiger partial charge is 0.355 e. The van der Waals surface area contributed by atoms with Gasteiger partial charge in [0.25, 0.3) is 0 Å². The monoisotopic (exact) mass is 196 g/mol. The summed E-state index contributed by atoms with van der Waals surface area (Å²) in [4.78, 5) is 13.2. The molecular formula is C11H20N2O. The summed E-state index contributed by atoms with van der Waals surface area (Å²) in [6.07, 6.45) is 2.12. The number of nitrogens with one attached hydrogen (secondary N) is 1. The van der Waals surface area contributed by atoms with Crippen molar-refractivity contribution in [1.82, 2.24) is 10.2 Å². The van der Waals surface area contributed by atoms with Gasteiger partial charge < -0.3 is 5.32 Å². The lowest BCUT2D eigenvalue weighted by molar-refractivity contribution is -0.117. The first-order chi connectivity index (χ1) is 6.47. The molecule has 3 nitrogen and oxygen atoms in total. The fourth-order valence-electron chi connectivity index (χ4n) is 0.977. The molecule has 1 amide bonds. The molecule has 1 N–H and O–H groups in total. The molecule has 0 saturated heterocycles. The fraction of sp³-hybridized carbons (Fsp3) is 0.545. The zero-order valence-corrected chi connectivity index (χ0v) is 9.55. The van der Waals surface area contributed by atoms with Crippen LogP contribution in [-0.4, -0.2) is 38.0 Å². The fourth-order valence-corrected chi connectivity index (χ4v) is 0.977. The third-order valence-electron chi connectivity index (χ3n) is 1.82. The summed E-state index contributed by atoms with van der Waals surface area (Å²) < 4.78 is 0. The summed E-state index contributed by atoms with van der Waals surface area (Å²) >= 11 is 0. The van der Waals surface area contributed by atoms with Crippen LogP contribution in [0.3, 0.4) is 0 Å². The molecule has 0 atom stereocenters. The van der Waals surface area contributed by atoms with Crippen molar-refractivity contribution < 1.29 is 4.79 Å². The minimum absolute atomic E-state index is 0.0888. The summed E-state index contributed by atoms with van der Waals surface area (Å²) in [5.41, 5.74) is 1.87. The Morgan fingerprint density at radius 3 is 2.50 bits per heavy atom. The van der Waals surface area contributed by atoms with Gasteiger partial charge in [-0.2, -0.15) is 0 Å². The van der Waals surface area contributed by atoms with E-state index < -0.39 is 0 Å². The van der Waals surface area contributed by atoms with Gasteiger partial charge in [-0.15, -0.1) is 0 Å². The highest BCUT2D eigenvalue weighted by Crippen LogP contribution is 1.96. The highest BCUT2D eigenvalue weighted by molar-refractivity contribution is 5.92. The van der Waals surface area contributed by atoms with Crippen LogP contribution in [0.15, 0.2) is 23.8 Å². The Morgan fingerprint density at radius 1 is 1.50 bits per heavy atom.